The summed E-state index contributed by atoms with van der Waals surface area (Å²) in [5.41, 5.74) is -0.139. The zero-order valence-corrected chi connectivity index (χ0v) is 17.3. The molecule has 3 N–H and O–H groups in total. The van der Waals surface area contributed by atoms with E-state index in [1.807, 2.05) is 0 Å². The minimum atomic E-state index is -1.21. The van der Waals surface area contributed by atoms with Gasteiger partial charge in [-0.15, -0.1) is 0 Å². The van der Waals surface area contributed by atoms with Crippen molar-refractivity contribution in [3.05, 3.63) is 27.1 Å². The van der Waals surface area contributed by atoms with E-state index in [9.17, 15) is 14.4 Å². The molecule has 0 radical (unpaired) electrons. The fourth-order valence-corrected chi connectivity index (χ4v) is 3.65. The molecular weight excluding hydrogens is 418 g/mol. The number of carbonyl (C=O) groups is 2. The van der Waals surface area contributed by atoms with E-state index in [-0.39, 0.29) is 29.5 Å². The van der Waals surface area contributed by atoms with E-state index < -0.39 is 12.1 Å². The maximum absolute atomic E-state index is 12.4. The highest BCUT2D eigenvalue weighted by Gasteiger charge is 2.29. The zero-order chi connectivity index (χ0) is 20.1. The Morgan fingerprint density at radius 1 is 1.30 bits per heavy atom. The number of rotatable bonds is 6. The second kappa shape index (κ2) is 9.25. The van der Waals surface area contributed by atoms with Crippen LogP contribution >= 0.6 is 15.9 Å². The van der Waals surface area contributed by atoms with Gasteiger partial charge in [0.25, 0.3) is 5.56 Å². The minimum Gasteiger partial charge on any atom is -0.489 e. The molecule has 150 valence electrons. The predicted octanol–water partition coefficient (Wildman–Crippen LogP) is 2.25. The van der Waals surface area contributed by atoms with Crippen molar-refractivity contribution in [1.82, 2.24) is 15.2 Å². The molecule has 1 saturated carbocycles. The van der Waals surface area contributed by atoms with E-state index in [0.29, 0.717) is 5.75 Å². The quantitative estimate of drug-likeness (QED) is 0.624. The Kier molecular flexibility index (Phi) is 7.29. The van der Waals surface area contributed by atoms with Gasteiger partial charge < -0.3 is 25.0 Å². The number of aromatic nitrogens is 1. The molecule has 1 unspecified atom stereocenters. The molecule has 0 spiro atoms. The van der Waals surface area contributed by atoms with Gasteiger partial charge in [-0.25, -0.2) is 4.79 Å². The van der Waals surface area contributed by atoms with Crippen LogP contribution in [0.25, 0.3) is 0 Å². The highest BCUT2D eigenvalue weighted by molar-refractivity contribution is 9.10. The fraction of sp³-hybridized carbons (Fsp3) is 0.611. The van der Waals surface area contributed by atoms with E-state index >= 15 is 0 Å². The lowest BCUT2D eigenvalue weighted by molar-refractivity contribution is -0.125. The summed E-state index contributed by atoms with van der Waals surface area (Å²) in [4.78, 5) is 35.0. The fourth-order valence-electron chi connectivity index (χ4n) is 3.13. The van der Waals surface area contributed by atoms with E-state index in [0.717, 1.165) is 30.2 Å². The molecule has 1 aliphatic carbocycles. The molecule has 0 saturated heterocycles. The summed E-state index contributed by atoms with van der Waals surface area (Å²) in [6.07, 6.45) is 3.38. The molecule has 0 aromatic carbocycles. The van der Waals surface area contributed by atoms with Crippen molar-refractivity contribution in [3.8, 4) is 5.75 Å². The maximum atomic E-state index is 12.4. The van der Waals surface area contributed by atoms with Gasteiger partial charge in [-0.3, -0.25) is 9.59 Å². The molecule has 9 heteroatoms. The highest BCUT2D eigenvalue weighted by atomic mass is 79.9. The van der Waals surface area contributed by atoms with Crippen LogP contribution in [0.3, 0.4) is 0 Å². The van der Waals surface area contributed by atoms with Gasteiger partial charge in [0.05, 0.1) is 10.6 Å². The van der Waals surface area contributed by atoms with Gasteiger partial charge >= 0.3 is 6.09 Å². The standard InChI is InChI=1S/C18H26BrN3O5/c1-10(2)16(21-18(25)26)17(24)20-11-4-6-12(7-5-11)27-14-8-15(23)22(3)9-13(14)19/h8-12,16,21H,4-7H2,1-3H3,(H,20,24)(H,25,26)/t11-,12-,16?. The lowest BCUT2D eigenvalue weighted by Gasteiger charge is -2.31. The van der Waals surface area contributed by atoms with Crippen molar-refractivity contribution in [2.24, 2.45) is 13.0 Å². The summed E-state index contributed by atoms with van der Waals surface area (Å²) in [6.45, 7) is 3.60. The lowest BCUT2D eigenvalue weighted by atomic mass is 9.92. The number of hydrogen-bond acceptors (Lipinski definition) is 4. The zero-order valence-electron chi connectivity index (χ0n) is 15.7. The summed E-state index contributed by atoms with van der Waals surface area (Å²) in [5, 5.41) is 14.1. The average Bonchev–Trinajstić information content (AvgIpc) is 2.58. The highest BCUT2D eigenvalue weighted by Crippen LogP contribution is 2.28. The Bertz CT molecular complexity index is 741. The number of carboxylic acid groups (broad SMARTS) is 1. The van der Waals surface area contributed by atoms with Gasteiger partial charge in [0.15, 0.2) is 0 Å². The number of halogens is 1. The molecule has 1 aromatic rings. The Balaban J connectivity index is 1.88. The van der Waals surface area contributed by atoms with Crippen LogP contribution in [0.15, 0.2) is 21.5 Å². The van der Waals surface area contributed by atoms with Gasteiger partial charge in [-0.05, 0) is 47.5 Å². The van der Waals surface area contributed by atoms with E-state index in [4.69, 9.17) is 9.84 Å². The summed E-state index contributed by atoms with van der Waals surface area (Å²) in [6, 6.07) is 0.678. The Hall–Kier alpha value is -2.03. The van der Waals surface area contributed by atoms with Crippen LogP contribution in [-0.4, -0.2) is 39.9 Å². The smallest absolute Gasteiger partial charge is 0.405 e. The molecule has 0 bridgehead atoms. The summed E-state index contributed by atoms with van der Waals surface area (Å²) in [7, 11) is 1.67. The number of nitrogens with zero attached hydrogens (tertiary/aromatic N) is 1. The molecule has 1 fully saturated rings. The molecule has 2 amide bonds. The van der Waals surface area contributed by atoms with Crippen LogP contribution in [0, 0.1) is 5.92 Å². The molecule has 27 heavy (non-hydrogen) atoms. The third-order valence-electron chi connectivity index (χ3n) is 4.69. The number of nitrogens with one attached hydrogen (secondary N) is 2. The predicted molar refractivity (Wildman–Crippen MR) is 104 cm³/mol. The topological polar surface area (TPSA) is 110 Å². The molecule has 1 heterocycles. The lowest BCUT2D eigenvalue weighted by Crippen LogP contribution is -2.52. The first-order valence-electron chi connectivity index (χ1n) is 9.00. The van der Waals surface area contributed by atoms with Crippen molar-refractivity contribution in [2.45, 2.75) is 57.7 Å². The van der Waals surface area contributed by atoms with Crippen LogP contribution in [0.1, 0.15) is 39.5 Å². The second-order valence-corrected chi connectivity index (χ2v) is 8.06. The number of aryl methyl sites for hydroxylation is 1. The molecule has 1 aliphatic rings. The maximum Gasteiger partial charge on any atom is 0.405 e. The first-order chi connectivity index (χ1) is 12.7. The van der Waals surface area contributed by atoms with Crippen LogP contribution < -0.4 is 20.9 Å². The Labute approximate surface area is 166 Å². The number of ether oxygens (including phenoxy) is 1. The summed E-state index contributed by atoms with van der Waals surface area (Å²) < 4.78 is 8.14. The molecule has 0 aliphatic heterocycles. The van der Waals surface area contributed by atoms with Crippen LogP contribution in [0.2, 0.25) is 0 Å². The van der Waals surface area contributed by atoms with E-state index in [1.165, 1.54) is 10.6 Å². The average molecular weight is 444 g/mol. The second-order valence-electron chi connectivity index (χ2n) is 7.21. The van der Waals surface area contributed by atoms with Crippen LogP contribution in [-0.2, 0) is 11.8 Å². The monoisotopic (exact) mass is 443 g/mol. The first kappa shape index (κ1) is 21.3. The largest absolute Gasteiger partial charge is 0.489 e. The minimum absolute atomic E-state index is 0.0127. The number of hydrogen-bond donors (Lipinski definition) is 3. The van der Waals surface area contributed by atoms with Gasteiger partial charge in [0.2, 0.25) is 5.91 Å². The summed E-state index contributed by atoms with van der Waals surface area (Å²) in [5.74, 6) is 0.0843. The van der Waals surface area contributed by atoms with Gasteiger partial charge in [0, 0.05) is 25.4 Å². The van der Waals surface area contributed by atoms with Crippen LogP contribution in [0.5, 0.6) is 5.75 Å². The van der Waals surface area contributed by atoms with E-state index in [1.54, 1.807) is 27.1 Å². The Morgan fingerprint density at radius 3 is 2.48 bits per heavy atom. The summed E-state index contributed by atoms with van der Waals surface area (Å²) >= 11 is 3.41. The van der Waals surface area contributed by atoms with Crippen molar-refractivity contribution >= 4 is 27.9 Å². The van der Waals surface area contributed by atoms with Gasteiger partial charge in [-0.2, -0.15) is 0 Å². The number of amides is 2. The molecule has 1 aromatic heterocycles. The molecule has 1 atom stereocenters. The number of pyridine rings is 1. The SMILES string of the molecule is CC(C)C(NC(=O)O)C(=O)N[C@H]1CC[C@H](Oc2cc(=O)n(C)cc2Br)CC1. The van der Waals surface area contributed by atoms with Crippen molar-refractivity contribution < 1.29 is 19.4 Å². The molecule has 8 nitrogen and oxygen atoms in total. The van der Waals surface area contributed by atoms with Crippen molar-refractivity contribution in [1.29, 1.82) is 0 Å². The Morgan fingerprint density at radius 2 is 1.93 bits per heavy atom. The third kappa shape index (κ3) is 5.98. The van der Waals surface area contributed by atoms with Crippen molar-refractivity contribution in [2.75, 3.05) is 0 Å². The first-order valence-corrected chi connectivity index (χ1v) is 9.79. The molecule has 2 rings (SSSR count). The number of carbonyl (C=O) groups excluding carboxylic acids is 1. The normalized spacial score (nSPS) is 20.8. The molecular formula is C18H26BrN3O5. The van der Waals surface area contributed by atoms with E-state index in [2.05, 4.69) is 26.6 Å². The third-order valence-corrected chi connectivity index (χ3v) is 5.28. The van der Waals surface area contributed by atoms with Gasteiger partial charge in [-0.1, -0.05) is 13.8 Å². The van der Waals surface area contributed by atoms with Crippen molar-refractivity contribution in [3.63, 3.8) is 0 Å². The van der Waals surface area contributed by atoms with Crippen LogP contribution in [0.4, 0.5) is 4.79 Å². The van der Waals surface area contributed by atoms with Gasteiger partial charge in [0.1, 0.15) is 11.8 Å².